The molecule has 15 heteroatoms. The van der Waals surface area contributed by atoms with Crippen LogP contribution in [-0.4, -0.2) is 83.1 Å². The van der Waals surface area contributed by atoms with Gasteiger partial charge in [-0.05, 0) is 26.2 Å². The van der Waals surface area contributed by atoms with E-state index < -0.39 is 60.4 Å². The number of guanidine groups is 1. The molecule has 0 bridgehead atoms. The summed E-state index contributed by atoms with van der Waals surface area (Å²) in [6.07, 6.45) is -0.108. The molecular formula is C17H32N8O7. The number of hydrogen-bond donors (Lipinski definition) is 9. The average molecular weight is 460 g/mol. The lowest BCUT2D eigenvalue weighted by atomic mass is 10.1. The molecule has 4 unspecified atom stereocenters. The fraction of sp³-hybridized carbons (Fsp3) is 0.647. The third-order valence-electron chi connectivity index (χ3n) is 4.16. The van der Waals surface area contributed by atoms with Crippen LogP contribution in [0.1, 0.15) is 32.6 Å². The van der Waals surface area contributed by atoms with Gasteiger partial charge in [0, 0.05) is 13.0 Å². The number of aliphatic imine (C=N–C) groups is 1. The lowest BCUT2D eigenvalue weighted by Crippen LogP contribution is -2.56. The van der Waals surface area contributed by atoms with Crippen LogP contribution in [-0.2, 0) is 24.0 Å². The minimum atomic E-state index is -1.38. The van der Waals surface area contributed by atoms with E-state index in [1.807, 2.05) is 0 Å². The van der Waals surface area contributed by atoms with E-state index in [0.29, 0.717) is 6.42 Å². The number of nitrogens with one attached hydrogen (secondary N) is 3. The monoisotopic (exact) mass is 460 g/mol. The molecule has 0 rings (SSSR count). The topological polar surface area (TPSA) is 278 Å². The van der Waals surface area contributed by atoms with E-state index in [1.54, 1.807) is 0 Å². The molecule has 32 heavy (non-hydrogen) atoms. The molecule has 4 amide bonds. The number of rotatable bonds is 15. The summed E-state index contributed by atoms with van der Waals surface area (Å²) in [4.78, 5) is 62.7. The Morgan fingerprint density at radius 3 is 2.00 bits per heavy atom. The normalized spacial score (nSPS) is 14.2. The molecule has 15 nitrogen and oxygen atoms in total. The van der Waals surface area contributed by atoms with Gasteiger partial charge >= 0.3 is 5.97 Å². The van der Waals surface area contributed by atoms with E-state index in [1.165, 1.54) is 6.92 Å². The quantitative estimate of drug-likeness (QED) is 0.0638. The second kappa shape index (κ2) is 14.5. The van der Waals surface area contributed by atoms with Gasteiger partial charge in [-0.15, -0.1) is 0 Å². The van der Waals surface area contributed by atoms with E-state index in [0.717, 1.165) is 0 Å². The van der Waals surface area contributed by atoms with Crippen molar-refractivity contribution < 1.29 is 34.2 Å². The second-order valence-corrected chi connectivity index (χ2v) is 6.93. The van der Waals surface area contributed by atoms with Crippen LogP contribution in [0.3, 0.4) is 0 Å². The highest BCUT2D eigenvalue weighted by molar-refractivity contribution is 5.94. The number of hydrogen-bond acceptors (Lipinski definition) is 8. The summed E-state index contributed by atoms with van der Waals surface area (Å²) in [5, 5.41) is 25.1. The molecule has 0 radical (unpaired) electrons. The number of nitrogens with zero attached hydrogens (tertiary/aromatic N) is 1. The smallest absolute Gasteiger partial charge is 0.326 e. The summed E-state index contributed by atoms with van der Waals surface area (Å²) in [5.74, 6) is -4.61. The molecule has 0 aliphatic rings. The number of carbonyl (C=O) groups is 5. The van der Waals surface area contributed by atoms with Gasteiger partial charge in [0.2, 0.25) is 23.6 Å². The molecule has 4 atom stereocenters. The highest BCUT2D eigenvalue weighted by Gasteiger charge is 2.28. The summed E-state index contributed by atoms with van der Waals surface area (Å²) in [6, 6.07) is -4.95. The molecule has 0 aromatic carbocycles. The van der Waals surface area contributed by atoms with Crippen LogP contribution in [0.25, 0.3) is 0 Å². The molecule has 0 spiro atoms. The first kappa shape index (κ1) is 28.5. The zero-order valence-electron chi connectivity index (χ0n) is 17.7. The van der Waals surface area contributed by atoms with Crippen LogP contribution in [0.4, 0.5) is 0 Å². The molecule has 0 aromatic heterocycles. The molecule has 0 saturated heterocycles. The van der Waals surface area contributed by atoms with Crippen LogP contribution >= 0.6 is 0 Å². The van der Waals surface area contributed by atoms with Crippen molar-refractivity contribution in [3.63, 3.8) is 0 Å². The third-order valence-corrected chi connectivity index (χ3v) is 4.16. The average Bonchev–Trinajstić information content (AvgIpc) is 2.71. The van der Waals surface area contributed by atoms with Crippen molar-refractivity contribution >= 4 is 35.6 Å². The number of nitrogens with two attached hydrogens (primary N) is 4. The van der Waals surface area contributed by atoms with E-state index >= 15 is 0 Å². The highest BCUT2D eigenvalue weighted by Crippen LogP contribution is 2.02. The predicted octanol–water partition coefficient (Wildman–Crippen LogP) is -4.82. The number of primary amides is 1. The van der Waals surface area contributed by atoms with Crippen LogP contribution in [0.15, 0.2) is 4.99 Å². The van der Waals surface area contributed by atoms with E-state index in [4.69, 9.17) is 33.1 Å². The number of amides is 4. The lowest BCUT2D eigenvalue weighted by Gasteiger charge is -2.23. The Kier molecular flexibility index (Phi) is 13.0. The molecule has 182 valence electrons. The number of carbonyl (C=O) groups excluding carboxylic acids is 4. The zero-order chi connectivity index (χ0) is 24.8. The van der Waals surface area contributed by atoms with Gasteiger partial charge in [0.25, 0.3) is 0 Å². The molecule has 0 fully saturated rings. The van der Waals surface area contributed by atoms with Gasteiger partial charge in [0.05, 0.1) is 6.61 Å². The first-order chi connectivity index (χ1) is 14.9. The highest BCUT2D eigenvalue weighted by atomic mass is 16.4. The Bertz CT molecular complexity index is 711. The van der Waals surface area contributed by atoms with Gasteiger partial charge < -0.3 is 49.1 Å². The fourth-order valence-corrected chi connectivity index (χ4v) is 2.35. The molecule has 0 saturated carbocycles. The maximum atomic E-state index is 12.6. The van der Waals surface area contributed by atoms with Gasteiger partial charge in [0.15, 0.2) is 5.96 Å². The van der Waals surface area contributed by atoms with Gasteiger partial charge in [-0.2, -0.15) is 0 Å². The number of carboxylic acid groups (broad SMARTS) is 1. The first-order valence-electron chi connectivity index (χ1n) is 9.73. The SMILES string of the molecule is CC(NC(=O)C(CCCN=C(N)N)NC(=O)C(N)CO)C(=O)NC(CCC(N)=O)C(=O)O. The van der Waals surface area contributed by atoms with Crippen LogP contribution in [0.2, 0.25) is 0 Å². The lowest BCUT2D eigenvalue weighted by molar-refractivity contribution is -0.142. The van der Waals surface area contributed by atoms with Crippen LogP contribution in [0, 0.1) is 0 Å². The minimum absolute atomic E-state index is 0.0806. The molecule has 0 aliphatic carbocycles. The Hall–Kier alpha value is -3.46. The Labute approximate surface area is 184 Å². The van der Waals surface area contributed by atoms with Crippen molar-refractivity contribution in [2.45, 2.75) is 56.8 Å². The summed E-state index contributed by atoms with van der Waals surface area (Å²) >= 11 is 0. The molecule has 13 N–H and O–H groups in total. The van der Waals surface area contributed by atoms with Crippen molar-refractivity contribution in [2.75, 3.05) is 13.2 Å². The van der Waals surface area contributed by atoms with Crippen molar-refractivity contribution in [3.8, 4) is 0 Å². The van der Waals surface area contributed by atoms with Crippen LogP contribution in [0.5, 0.6) is 0 Å². The van der Waals surface area contributed by atoms with Gasteiger partial charge in [-0.25, -0.2) is 4.79 Å². The molecule has 0 aromatic rings. The predicted molar refractivity (Wildman–Crippen MR) is 113 cm³/mol. The Morgan fingerprint density at radius 2 is 1.50 bits per heavy atom. The van der Waals surface area contributed by atoms with Gasteiger partial charge in [0.1, 0.15) is 24.2 Å². The molecular weight excluding hydrogens is 428 g/mol. The number of aliphatic hydroxyl groups is 1. The van der Waals surface area contributed by atoms with E-state index in [2.05, 4.69) is 20.9 Å². The van der Waals surface area contributed by atoms with Crippen molar-refractivity contribution in [2.24, 2.45) is 27.9 Å². The summed E-state index contributed by atoms with van der Waals surface area (Å²) < 4.78 is 0. The molecule has 0 aliphatic heterocycles. The maximum Gasteiger partial charge on any atom is 0.326 e. The number of carboxylic acids is 1. The number of aliphatic carboxylic acids is 1. The summed E-state index contributed by atoms with van der Waals surface area (Å²) in [5.41, 5.74) is 20.9. The summed E-state index contributed by atoms with van der Waals surface area (Å²) in [7, 11) is 0. The zero-order valence-corrected chi connectivity index (χ0v) is 17.7. The Morgan fingerprint density at radius 1 is 0.906 bits per heavy atom. The van der Waals surface area contributed by atoms with Crippen molar-refractivity contribution in [3.05, 3.63) is 0 Å². The largest absolute Gasteiger partial charge is 0.480 e. The van der Waals surface area contributed by atoms with Gasteiger partial charge in [-0.1, -0.05) is 0 Å². The summed E-state index contributed by atoms with van der Waals surface area (Å²) in [6.45, 7) is 0.830. The first-order valence-corrected chi connectivity index (χ1v) is 9.73. The van der Waals surface area contributed by atoms with Crippen LogP contribution < -0.4 is 38.9 Å². The maximum absolute atomic E-state index is 12.6. The standard InChI is InChI=1S/C17H32N8O7/c1-8(13(28)25-11(16(31)32)4-5-12(19)27)23-15(30)10(3-2-6-22-17(20)21)24-14(29)9(18)7-26/h8-11,26H,2-7,18H2,1H3,(H2,19,27)(H,23,30)(H,24,29)(H,25,28)(H,31,32)(H4,20,21,22). The van der Waals surface area contributed by atoms with Crippen molar-refractivity contribution in [1.29, 1.82) is 0 Å². The van der Waals surface area contributed by atoms with E-state index in [-0.39, 0.29) is 31.8 Å². The second-order valence-electron chi connectivity index (χ2n) is 6.93. The van der Waals surface area contributed by atoms with E-state index in [9.17, 15) is 24.0 Å². The van der Waals surface area contributed by atoms with Crippen molar-refractivity contribution in [1.82, 2.24) is 16.0 Å². The Balaban J connectivity index is 5.09. The number of aliphatic hydroxyl groups excluding tert-OH is 1. The minimum Gasteiger partial charge on any atom is -0.480 e. The fourth-order valence-electron chi connectivity index (χ4n) is 2.35. The third kappa shape index (κ3) is 11.7. The molecule has 0 heterocycles. The van der Waals surface area contributed by atoms with Gasteiger partial charge in [-0.3, -0.25) is 24.2 Å².